The van der Waals surface area contributed by atoms with Crippen LogP contribution in [0.25, 0.3) is 10.9 Å². The Balaban J connectivity index is 0.000000232. The van der Waals surface area contributed by atoms with E-state index >= 15 is 0 Å². The standard InChI is InChI=1S/C10H9NO.C4H7NO/c1-7-4-5-8-3-2-6-11-9(8)10(7)12;1-3(2)4(5)6/h2-6,12H,1H3;1H2,2H3,(H2,5,6). The van der Waals surface area contributed by atoms with Gasteiger partial charge in [0.1, 0.15) is 11.3 Å². The van der Waals surface area contributed by atoms with E-state index in [1.807, 2.05) is 31.2 Å². The second kappa shape index (κ2) is 5.82. The van der Waals surface area contributed by atoms with E-state index < -0.39 is 5.91 Å². The number of aryl methyl sites for hydroxylation is 1. The Kier molecular flexibility index (Phi) is 4.43. The molecule has 4 heteroatoms. The zero-order valence-corrected chi connectivity index (χ0v) is 10.5. The van der Waals surface area contributed by atoms with Crippen molar-refractivity contribution in [2.24, 2.45) is 5.73 Å². The number of hydrogen-bond donors (Lipinski definition) is 2. The van der Waals surface area contributed by atoms with Crippen molar-refractivity contribution in [2.45, 2.75) is 13.8 Å². The second-order valence-corrected chi connectivity index (χ2v) is 3.95. The number of carbonyl (C=O) groups is 1. The third kappa shape index (κ3) is 3.31. The molecule has 2 aromatic rings. The van der Waals surface area contributed by atoms with Gasteiger partial charge in [-0.2, -0.15) is 0 Å². The molecule has 0 radical (unpaired) electrons. The fourth-order valence-corrected chi connectivity index (χ4v) is 1.23. The number of aromatic nitrogens is 1. The molecule has 2 rings (SSSR count). The van der Waals surface area contributed by atoms with Gasteiger partial charge in [0.25, 0.3) is 0 Å². The number of phenolic OH excluding ortho intramolecular Hbond substituents is 1. The summed E-state index contributed by atoms with van der Waals surface area (Å²) in [5.41, 5.74) is 6.64. The molecule has 0 bridgehead atoms. The van der Waals surface area contributed by atoms with E-state index in [0.29, 0.717) is 11.1 Å². The molecule has 4 nitrogen and oxygen atoms in total. The molecule has 0 spiro atoms. The smallest absolute Gasteiger partial charge is 0.243 e. The third-order valence-electron chi connectivity index (χ3n) is 2.37. The Hall–Kier alpha value is -2.36. The predicted molar refractivity (Wildman–Crippen MR) is 72.2 cm³/mol. The van der Waals surface area contributed by atoms with Crippen molar-refractivity contribution in [3.63, 3.8) is 0 Å². The summed E-state index contributed by atoms with van der Waals surface area (Å²) >= 11 is 0. The number of carbonyl (C=O) groups excluding carboxylic acids is 1. The monoisotopic (exact) mass is 244 g/mol. The second-order valence-electron chi connectivity index (χ2n) is 3.95. The van der Waals surface area contributed by atoms with E-state index in [1.165, 1.54) is 0 Å². The van der Waals surface area contributed by atoms with Crippen LogP contribution in [0.1, 0.15) is 12.5 Å². The Labute approximate surface area is 106 Å². The number of pyridine rings is 1. The summed E-state index contributed by atoms with van der Waals surface area (Å²) in [6.45, 7) is 6.72. The third-order valence-corrected chi connectivity index (χ3v) is 2.37. The Morgan fingerprint density at radius 3 is 2.56 bits per heavy atom. The number of nitrogens with zero attached hydrogens (tertiary/aromatic N) is 1. The van der Waals surface area contributed by atoms with Crippen LogP contribution >= 0.6 is 0 Å². The summed E-state index contributed by atoms with van der Waals surface area (Å²) in [4.78, 5) is 13.9. The minimum absolute atomic E-state index is 0.285. The average Bonchev–Trinajstić information content (AvgIpc) is 2.35. The Morgan fingerprint density at radius 1 is 1.39 bits per heavy atom. The zero-order valence-electron chi connectivity index (χ0n) is 10.5. The maximum atomic E-state index is 9.82. The number of hydrogen-bond acceptors (Lipinski definition) is 3. The van der Waals surface area contributed by atoms with Crippen molar-refractivity contribution in [1.82, 2.24) is 4.98 Å². The first-order valence-corrected chi connectivity index (χ1v) is 5.42. The van der Waals surface area contributed by atoms with Crippen LogP contribution in [0, 0.1) is 6.92 Å². The minimum Gasteiger partial charge on any atom is -0.505 e. The first-order chi connectivity index (χ1) is 8.43. The molecule has 1 heterocycles. The van der Waals surface area contributed by atoms with Crippen LogP contribution in [-0.4, -0.2) is 16.0 Å². The van der Waals surface area contributed by atoms with Crippen LogP contribution in [-0.2, 0) is 4.79 Å². The average molecular weight is 244 g/mol. The molecule has 0 saturated heterocycles. The number of rotatable bonds is 1. The first-order valence-electron chi connectivity index (χ1n) is 5.42. The lowest BCUT2D eigenvalue weighted by atomic mass is 10.1. The van der Waals surface area contributed by atoms with E-state index in [9.17, 15) is 9.90 Å². The summed E-state index contributed by atoms with van der Waals surface area (Å²) in [6, 6.07) is 7.63. The van der Waals surface area contributed by atoms with Gasteiger partial charge in [0, 0.05) is 17.2 Å². The van der Waals surface area contributed by atoms with Gasteiger partial charge in [-0.05, 0) is 25.5 Å². The van der Waals surface area contributed by atoms with Crippen molar-refractivity contribution in [2.75, 3.05) is 0 Å². The number of benzene rings is 1. The lowest BCUT2D eigenvalue weighted by molar-refractivity contribution is -0.114. The van der Waals surface area contributed by atoms with Crippen LogP contribution in [0.15, 0.2) is 42.6 Å². The molecule has 0 aliphatic carbocycles. The van der Waals surface area contributed by atoms with E-state index in [1.54, 1.807) is 13.1 Å². The van der Waals surface area contributed by atoms with Crippen LogP contribution in [0.4, 0.5) is 0 Å². The molecular weight excluding hydrogens is 228 g/mol. The number of nitrogens with two attached hydrogens (primary N) is 1. The number of amides is 1. The van der Waals surface area contributed by atoms with Gasteiger partial charge >= 0.3 is 0 Å². The van der Waals surface area contributed by atoms with Crippen LogP contribution < -0.4 is 5.73 Å². The molecule has 0 saturated carbocycles. The molecule has 18 heavy (non-hydrogen) atoms. The lowest BCUT2D eigenvalue weighted by Gasteiger charge is -2.01. The molecule has 94 valence electrons. The maximum Gasteiger partial charge on any atom is 0.243 e. The van der Waals surface area contributed by atoms with Gasteiger partial charge in [0.05, 0.1) is 0 Å². The van der Waals surface area contributed by atoms with Gasteiger partial charge in [-0.3, -0.25) is 9.78 Å². The zero-order chi connectivity index (χ0) is 13.7. The highest BCUT2D eigenvalue weighted by Crippen LogP contribution is 2.25. The number of phenols is 1. The fraction of sp³-hybridized carbons (Fsp3) is 0.143. The van der Waals surface area contributed by atoms with Crippen molar-refractivity contribution in [1.29, 1.82) is 0 Å². The van der Waals surface area contributed by atoms with Crippen molar-refractivity contribution in [3.05, 3.63) is 48.2 Å². The summed E-state index contributed by atoms with van der Waals surface area (Å²) in [5.74, 6) is -0.150. The molecule has 0 aliphatic heterocycles. The van der Waals surface area contributed by atoms with Crippen LogP contribution in [0.3, 0.4) is 0 Å². The predicted octanol–water partition coefficient (Wildman–Crippen LogP) is 2.30. The molecule has 1 amide bonds. The van der Waals surface area contributed by atoms with Crippen LogP contribution in [0.5, 0.6) is 5.75 Å². The van der Waals surface area contributed by atoms with Gasteiger partial charge < -0.3 is 10.8 Å². The summed E-state index contributed by atoms with van der Waals surface area (Å²) in [6.07, 6.45) is 1.68. The van der Waals surface area contributed by atoms with E-state index in [-0.39, 0.29) is 5.75 Å². The summed E-state index contributed by atoms with van der Waals surface area (Å²) in [5, 5.41) is 10.6. The molecular formula is C14H16N2O2. The number of aromatic hydroxyl groups is 1. The number of fused-ring (bicyclic) bond motifs is 1. The SMILES string of the molecule is C=C(C)C(N)=O.Cc1ccc2cccnc2c1O. The van der Waals surface area contributed by atoms with Gasteiger partial charge in [0.2, 0.25) is 5.91 Å². The first kappa shape index (κ1) is 13.7. The maximum absolute atomic E-state index is 9.82. The number of primary amides is 1. The fourth-order valence-electron chi connectivity index (χ4n) is 1.23. The minimum atomic E-state index is -0.435. The Bertz CT molecular complexity index is 579. The summed E-state index contributed by atoms with van der Waals surface area (Å²) < 4.78 is 0. The van der Waals surface area contributed by atoms with Crippen molar-refractivity contribution in [3.8, 4) is 5.75 Å². The van der Waals surface area contributed by atoms with Gasteiger partial charge in [-0.25, -0.2) is 0 Å². The molecule has 3 N–H and O–H groups in total. The Morgan fingerprint density at radius 2 is 2.00 bits per heavy atom. The molecule has 1 aromatic carbocycles. The van der Waals surface area contributed by atoms with E-state index in [2.05, 4.69) is 11.6 Å². The van der Waals surface area contributed by atoms with E-state index in [4.69, 9.17) is 5.73 Å². The molecule has 1 aromatic heterocycles. The van der Waals surface area contributed by atoms with Crippen molar-refractivity contribution < 1.29 is 9.90 Å². The molecule has 0 fully saturated rings. The van der Waals surface area contributed by atoms with Gasteiger partial charge in [0.15, 0.2) is 0 Å². The highest BCUT2D eigenvalue weighted by atomic mass is 16.3. The highest BCUT2D eigenvalue weighted by molar-refractivity contribution is 5.90. The molecule has 0 atom stereocenters. The lowest BCUT2D eigenvalue weighted by Crippen LogP contribution is -2.10. The topological polar surface area (TPSA) is 76.2 Å². The highest BCUT2D eigenvalue weighted by Gasteiger charge is 2.01. The van der Waals surface area contributed by atoms with Crippen molar-refractivity contribution >= 4 is 16.8 Å². The van der Waals surface area contributed by atoms with Crippen LogP contribution in [0.2, 0.25) is 0 Å². The molecule has 0 aliphatic rings. The van der Waals surface area contributed by atoms with E-state index in [0.717, 1.165) is 10.9 Å². The quantitative estimate of drug-likeness (QED) is 0.756. The largest absolute Gasteiger partial charge is 0.505 e. The normalized spacial score (nSPS) is 9.44. The summed E-state index contributed by atoms with van der Waals surface area (Å²) in [7, 11) is 0. The molecule has 0 unspecified atom stereocenters. The van der Waals surface area contributed by atoms with Gasteiger partial charge in [-0.15, -0.1) is 0 Å². The van der Waals surface area contributed by atoms with Gasteiger partial charge in [-0.1, -0.05) is 24.8 Å².